The highest BCUT2D eigenvalue weighted by atomic mass is 32.2. The van der Waals surface area contributed by atoms with E-state index in [1.807, 2.05) is 24.5 Å². The second kappa shape index (κ2) is 8.73. The van der Waals surface area contributed by atoms with Crippen molar-refractivity contribution < 1.29 is 9.47 Å². The van der Waals surface area contributed by atoms with E-state index in [0.29, 0.717) is 6.61 Å². The molecular formula is C17H24N4O2S. The third-order valence-corrected chi connectivity index (χ3v) is 3.93. The molecule has 2 aromatic rings. The summed E-state index contributed by atoms with van der Waals surface area (Å²) >= 11 is 1.52. The molecule has 7 heteroatoms. The van der Waals surface area contributed by atoms with Crippen LogP contribution in [-0.2, 0) is 0 Å². The van der Waals surface area contributed by atoms with Crippen LogP contribution in [0.3, 0.4) is 0 Å². The quantitative estimate of drug-likeness (QED) is 0.536. The van der Waals surface area contributed by atoms with E-state index in [1.165, 1.54) is 11.8 Å². The number of aromatic nitrogens is 3. The molecule has 0 radical (unpaired) electrons. The van der Waals surface area contributed by atoms with Crippen LogP contribution in [0.4, 0.5) is 0 Å². The summed E-state index contributed by atoms with van der Waals surface area (Å²) in [5.41, 5.74) is 0.928. The Morgan fingerprint density at radius 1 is 1.29 bits per heavy atom. The zero-order valence-electron chi connectivity index (χ0n) is 14.8. The molecule has 1 heterocycles. The Morgan fingerprint density at radius 3 is 2.71 bits per heavy atom. The second-order valence-corrected chi connectivity index (χ2v) is 6.29. The Hall–Kier alpha value is -2.02. The Labute approximate surface area is 147 Å². The molecule has 0 atom stereocenters. The summed E-state index contributed by atoms with van der Waals surface area (Å²) in [5, 5.41) is 13.7. The van der Waals surface area contributed by atoms with Gasteiger partial charge in [-0.05, 0) is 36.4 Å². The first kappa shape index (κ1) is 18.3. The van der Waals surface area contributed by atoms with Crippen LogP contribution in [0.1, 0.15) is 44.5 Å². The second-order valence-electron chi connectivity index (χ2n) is 5.51. The fourth-order valence-electron chi connectivity index (χ4n) is 2.10. The number of hydrogen-bond donors (Lipinski definition) is 0. The third kappa shape index (κ3) is 4.29. The van der Waals surface area contributed by atoms with Crippen LogP contribution >= 0.6 is 11.8 Å². The number of benzene rings is 1. The molecule has 0 aliphatic heterocycles. The van der Waals surface area contributed by atoms with Crippen LogP contribution in [0, 0.1) is 0 Å². The Balaban J connectivity index is 2.30. The van der Waals surface area contributed by atoms with E-state index in [-0.39, 0.29) is 5.92 Å². The summed E-state index contributed by atoms with van der Waals surface area (Å²) in [5.74, 6) is 2.53. The van der Waals surface area contributed by atoms with Gasteiger partial charge in [0.15, 0.2) is 17.3 Å². The molecule has 130 valence electrons. The molecule has 0 spiro atoms. The number of hydrogen-bond acceptors (Lipinski definition) is 6. The number of thioether (sulfide) groups is 1. The van der Waals surface area contributed by atoms with Gasteiger partial charge in [0.25, 0.3) is 0 Å². The summed E-state index contributed by atoms with van der Waals surface area (Å²) in [6.07, 6.45) is 4.69. The lowest BCUT2D eigenvalue weighted by atomic mass is 10.2. The molecule has 0 aliphatic rings. The van der Waals surface area contributed by atoms with Crippen LogP contribution in [0.25, 0.3) is 0 Å². The van der Waals surface area contributed by atoms with Gasteiger partial charge in [-0.1, -0.05) is 32.5 Å². The summed E-state index contributed by atoms with van der Waals surface area (Å²) in [6, 6.07) is 5.76. The molecule has 0 saturated heterocycles. The number of ether oxygens (including phenoxy) is 2. The average Bonchev–Trinajstić information content (AvgIpc) is 3.01. The lowest BCUT2D eigenvalue weighted by molar-refractivity contribution is 0.294. The molecule has 0 unspecified atom stereocenters. The van der Waals surface area contributed by atoms with E-state index in [0.717, 1.165) is 34.5 Å². The van der Waals surface area contributed by atoms with E-state index >= 15 is 0 Å². The Morgan fingerprint density at radius 2 is 2.08 bits per heavy atom. The first-order valence-electron chi connectivity index (χ1n) is 7.95. The lowest BCUT2D eigenvalue weighted by Gasteiger charge is -2.10. The van der Waals surface area contributed by atoms with Crippen molar-refractivity contribution >= 4 is 18.0 Å². The van der Waals surface area contributed by atoms with E-state index < -0.39 is 0 Å². The fourth-order valence-corrected chi connectivity index (χ4v) is 2.53. The molecule has 0 fully saturated rings. The normalized spacial score (nSPS) is 11.4. The largest absolute Gasteiger partial charge is 0.493 e. The average molecular weight is 348 g/mol. The molecule has 0 amide bonds. The maximum Gasteiger partial charge on any atom is 0.211 e. The van der Waals surface area contributed by atoms with E-state index in [9.17, 15) is 0 Å². The molecule has 0 N–H and O–H groups in total. The Kier molecular flexibility index (Phi) is 6.66. The summed E-state index contributed by atoms with van der Waals surface area (Å²) in [6.45, 7) is 6.87. The first-order chi connectivity index (χ1) is 11.6. The molecule has 1 aromatic carbocycles. The highest BCUT2D eigenvalue weighted by molar-refractivity contribution is 7.98. The van der Waals surface area contributed by atoms with Crippen LogP contribution in [0.15, 0.2) is 28.5 Å². The predicted molar refractivity (Wildman–Crippen MR) is 97.7 cm³/mol. The van der Waals surface area contributed by atoms with Crippen LogP contribution in [0.5, 0.6) is 11.5 Å². The van der Waals surface area contributed by atoms with Gasteiger partial charge in [0.1, 0.15) is 0 Å². The van der Waals surface area contributed by atoms with Crippen LogP contribution < -0.4 is 9.47 Å². The van der Waals surface area contributed by atoms with E-state index in [1.54, 1.807) is 18.0 Å². The standard InChI is InChI=1S/C17H24N4O2S/c1-6-9-23-15-10-13(7-8-14(15)22-4)11-18-21-16(12(2)3)19-20-17(21)24-5/h7-8,10-12H,6,9H2,1-5H3/b18-11-. The fraction of sp³-hybridized carbons (Fsp3) is 0.471. The van der Waals surface area contributed by atoms with Crippen molar-refractivity contribution in [2.75, 3.05) is 20.0 Å². The van der Waals surface area contributed by atoms with Gasteiger partial charge < -0.3 is 9.47 Å². The maximum absolute atomic E-state index is 5.74. The topological polar surface area (TPSA) is 61.5 Å². The molecular weight excluding hydrogens is 324 g/mol. The monoisotopic (exact) mass is 348 g/mol. The van der Waals surface area contributed by atoms with Gasteiger partial charge in [0.05, 0.1) is 19.9 Å². The van der Waals surface area contributed by atoms with Crippen molar-refractivity contribution in [3.63, 3.8) is 0 Å². The zero-order chi connectivity index (χ0) is 17.5. The van der Waals surface area contributed by atoms with Gasteiger partial charge in [-0.2, -0.15) is 9.78 Å². The SMILES string of the molecule is CCCOc1cc(/C=N\n2c(SC)nnc2C(C)C)ccc1OC. The molecule has 24 heavy (non-hydrogen) atoms. The van der Waals surface area contributed by atoms with Crippen molar-refractivity contribution in [2.45, 2.75) is 38.3 Å². The van der Waals surface area contributed by atoms with Gasteiger partial charge in [-0.15, -0.1) is 10.2 Å². The Bertz CT molecular complexity index is 698. The molecule has 1 aromatic heterocycles. The smallest absolute Gasteiger partial charge is 0.211 e. The van der Waals surface area contributed by atoms with Crippen molar-refractivity contribution in [1.29, 1.82) is 0 Å². The molecule has 2 rings (SSSR count). The maximum atomic E-state index is 5.74. The highest BCUT2D eigenvalue weighted by Crippen LogP contribution is 2.28. The third-order valence-electron chi connectivity index (χ3n) is 3.31. The molecule has 0 aliphatic carbocycles. The minimum Gasteiger partial charge on any atom is -0.493 e. The number of nitrogens with zero attached hydrogens (tertiary/aromatic N) is 4. The zero-order valence-corrected chi connectivity index (χ0v) is 15.6. The van der Waals surface area contributed by atoms with Crippen LogP contribution in [-0.4, -0.2) is 41.1 Å². The van der Waals surface area contributed by atoms with Gasteiger partial charge in [-0.3, -0.25) is 0 Å². The lowest BCUT2D eigenvalue weighted by Crippen LogP contribution is -2.02. The highest BCUT2D eigenvalue weighted by Gasteiger charge is 2.13. The summed E-state index contributed by atoms with van der Waals surface area (Å²) < 4.78 is 12.9. The van der Waals surface area contributed by atoms with Gasteiger partial charge in [0, 0.05) is 5.92 Å². The van der Waals surface area contributed by atoms with Crippen molar-refractivity contribution in [1.82, 2.24) is 14.9 Å². The molecule has 0 saturated carbocycles. The van der Waals surface area contributed by atoms with E-state index in [4.69, 9.17) is 9.47 Å². The number of rotatable bonds is 8. The minimum atomic E-state index is 0.245. The molecule has 0 bridgehead atoms. The van der Waals surface area contributed by atoms with Crippen LogP contribution in [0.2, 0.25) is 0 Å². The summed E-state index contributed by atoms with van der Waals surface area (Å²) in [7, 11) is 1.64. The summed E-state index contributed by atoms with van der Waals surface area (Å²) in [4.78, 5) is 0. The van der Waals surface area contributed by atoms with Gasteiger partial charge >= 0.3 is 0 Å². The van der Waals surface area contributed by atoms with E-state index in [2.05, 4.69) is 36.1 Å². The van der Waals surface area contributed by atoms with Crippen molar-refractivity contribution in [3.8, 4) is 11.5 Å². The molecule has 6 nitrogen and oxygen atoms in total. The first-order valence-corrected chi connectivity index (χ1v) is 9.17. The van der Waals surface area contributed by atoms with Gasteiger partial charge in [0.2, 0.25) is 5.16 Å². The number of methoxy groups -OCH3 is 1. The van der Waals surface area contributed by atoms with Crippen molar-refractivity contribution in [2.24, 2.45) is 5.10 Å². The predicted octanol–water partition coefficient (Wildman–Crippen LogP) is 3.80. The van der Waals surface area contributed by atoms with Crippen molar-refractivity contribution in [3.05, 3.63) is 29.6 Å². The minimum absolute atomic E-state index is 0.245. The van der Waals surface area contributed by atoms with Gasteiger partial charge in [-0.25, -0.2) is 0 Å².